The average Bonchev–Trinajstić information content (AvgIpc) is 2.74. The minimum atomic E-state index is -0.394. The lowest BCUT2D eigenvalue weighted by Crippen LogP contribution is -2.18. The fourth-order valence-electron chi connectivity index (χ4n) is 2.91. The fourth-order valence-corrected chi connectivity index (χ4v) is 3.46. The van der Waals surface area contributed by atoms with Gasteiger partial charge in [-0.3, -0.25) is 9.59 Å². The summed E-state index contributed by atoms with van der Waals surface area (Å²) in [7, 11) is 3.01. The molecule has 0 spiro atoms. The van der Waals surface area contributed by atoms with Gasteiger partial charge in [-0.15, -0.1) is 0 Å². The number of amides is 2. The van der Waals surface area contributed by atoms with Gasteiger partial charge in [0.2, 0.25) is 0 Å². The van der Waals surface area contributed by atoms with E-state index in [0.717, 1.165) is 5.56 Å². The highest BCUT2D eigenvalue weighted by Crippen LogP contribution is 2.35. The molecule has 0 saturated carbocycles. The van der Waals surface area contributed by atoms with E-state index in [1.807, 2.05) is 31.2 Å². The Morgan fingerprint density at radius 1 is 0.833 bits per heavy atom. The van der Waals surface area contributed by atoms with Gasteiger partial charge in [-0.05, 0) is 64.8 Å². The predicted octanol–water partition coefficient (Wildman–Crippen LogP) is 5.28. The van der Waals surface area contributed by atoms with Crippen LogP contribution in [0.25, 0.3) is 0 Å². The van der Waals surface area contributed by atoms with Crippen LogP contribution in [0.15, 0.2) is 65.1 Å². The molecule has 0 aromatic heterocycles. The summed E-state index contributed by atoms with van der Waals surface area (Å²) in [5.41, 5.74) is 2.80. The lowest BCUT2D eigenvalue weighted by Gasteiger charge is -2.14. The molecule has 2 amide bonds. The van der Waals surface area contributed by atoms with Crippen LogP contribution < -0.4 is 20.1 Å². The Morgan fingerprint density at radius 2 is 1.50 bits per heavy atom. The lowest BCUT2D eigenvalue weighted by atomic mass is 10.1. The Hall–Kier alpha value is -3.32. The molecule has 3 rings (SSSR count). The molecule has 0 heterocycles. The quantitative estimate of drug-likeness (QED) is 0.515. The maximum Gasteiger partial charge on any atom is 0.257 e. The molecule has 0 saturated heterocycles. The van der Waals surface area contributed by atoms with Crippen LogP contribution in [0.1, 0.15) is 26.3 Å². The molecule has 3 aromatic carbocycles. The lowest BCUT2D eigenvalue weighted by molar-refractivity contribution is 0.102. The van der Waals surface area contributed by atoms with Crippen LogP contribution in [0, 0.1) is 6.92 Å². The molecule has 0 fully saturated rings. The zero-order valence-corrected chi connectivity index (χ0v) is 18.4. The van der Waals surface area contributed by atoms with Crippen molar-refractivity contribution in [3.63, 3.8) is 0 Å². The smallest absolute Gasteiger partial charge is 0.257 e. The number of para-hydroxylation sites is 1. The van der Waals surface area contributed by atoms with Crippen molar-refractivity contribution >= 4 is 39.1 Å². The van der Waals surface area contributed by atoms with Crippen LogP contribution in [0.5, 0.6) is 11.5 Å². The number of carbonyl (C=O) groups is 2. The number of anilines is 2. The molecule has 3 aromatic rings. The molecule has 7 heteroatoms. The number of hydrogen-bond donors (Lipinski definition) is 2. The van der Waals surface area contributed by atoms with Crippen molar-refractivity contribution in [1.29, 1.82) is 0 Å². The summed E-state index contributed by atoms with van der Waals surface area (Å²) in [6.07, 6.45) is 0. The van der Waals surface area contributed by atoms with Crippen LogP contribution in [-0.4, -0.2) is 26.0 Å². The summed E-state index contributed by atoms with van der Waals surface area (Å²) < 4.78 is 11.2. The van der Waals surface area contributed by atoms with Crippen molar-refractivity contribution in [3.05, 3.63) is 81.8 Å². The van der Waals surface area contributed by atoms with Gasteiger partial charge >= 0.3 is 0 Å². The number of benzene rings is 3. The van der Waals surface area contributed by atoms with Crippen LogP contribution in [0.3, 0.4) is 0 Å². The van der Waals surface area contributed by atoms with E-state index in [2.05, 4.69) is 26.6 Å². The first-order valence-electron chi connectivity index (χ1n) is 9.13. The number of nitrogens with one attached hydrogen (secondary N) is 2. The Bertz CT molecular complexity index is 1070. The molecule has 0 radical (unpaired) electrons. The Balaban J connectivity index is 1.86. The van der Waals surface area contributed by atoms with Gasteiger partial charge in [0, 0.05) is 11.3 Å². The summed E-state index contributed by atoms with van der Waals surface area (Å²) in [6, 6.07) is 17.5. The molecule has 0 atom stereocenters. The largest absolute Gasteiger partial charge is 0.495 e. The van der Waals surface area contributed by atoms with E-state index in [0.29, 0.717) is 38.5 Å². The van der Waals surface area contributed by atoms with E-state index in [1.54, 1.807) is 36.4 Å². The third-order valence-corrected chi connectivity index (χ3v) is 5.19. The van der Waals surface area contributed by atoms with Crippen molar-refractivity contribution in [3.8, 4) is 11.5 Å². The van der Waals surface area contributed by atoms with E-state index in [1.165, 1.54) is 14.2 Å². The van der Waals surface area contributed by atoms with E-state index in [9.17, 15) is 9.59 Å². The van der Waals surface area contributed by atoms with Gasteiger partial charge in [0.15, 0.2) is 0 Å². The molecular formula is C23H21BrN2O4. The minimum Gasteiger partial charge on any atom is -0.495 e. The van der Waals surface area contributed by atoms with Crippen molar-refractivity contribution in [2.45, 2.75) is 6.92 Å². The van der Waals surface area contributed by atoms with Gasteiger partial charge in [-0.2, -0.15) is 0 Å². The van der Waals surface area contributed by atoms with E-state index < -0.39 is 5.91 Å². The number of carbonyl (C=O) groups excluding carboxylic acids is 2. The normalized spacial score (nSPS) is 10.3. The van der Waals surface area contributed by atoms with Crippen LogP contribution in [0.4, 0.5) is 11.4 Å². The summed E-state index contributed by atoms with van der Waals surface area (Å²) in [5, 5.41) is 5.66. The number of hydrogen-bond acceptors (Lipinski definition) is 4. The zero-order chi connectivity index (χ0) is 21.7. The first kappa shape index (κ1) is 21.4. The molecule has 30 heavy (non-hydrogen) atoms. The summed E-state index contributed by atoms with van der Waals surface area (Å²) in [6.45, 7) is 1.95. The van der Waals surface area contributed by atoms with Gasteiger partial charge in [-0.25, -0.2) is 0 Å². The number of halogens is 1. The topological polar surface area (TPSA) is 76.7 Å². The third-order valence-electron chi connectivity index (χ3n) is 4.40. The second kappa shape index (κ2) is 9.45. The second-order valence-electron chi connectivity index (χ2n) is 6.52. The zero-order valence-electron chi connectivity index (χ0n) is 16.8. The molecule has 0 aliphatic carbocycles. The van der Waals surface area contributed by atoms with Crippen molar-refractivity contribution in [2.24, 2.45) is 0 Å². The Morgan fingerprint density at radius 3 is 2.13 bits per heavy atom. The van der Waals surface area contributed by atoms with Gasteiger partial charge in [0.1, 0.15) is 16.0 Å². The third kappa shape index (κ3) is 4.80. The Labute approximate surface area is 183 Å². The van der Waals surface area contributed by atoms with Crippen molar-refractivity contribution in [2.75, 3.05) is 24.9 Å². The maximum atomic E-state index is 12.9. The minimum absolute atomic E-state index is 0.317. The highest BCUT2D eigenvalue weighted by Gasteiger charge is 2.18. The summed E-state index contributed by atoms with van der Waals surface area (Å²) >= 11 is 3.38. The number of ether oxygens (including phenoxy) is 2. The van der Waals surface area contributed by atoms with Crippen LogP contribution in [-0.2, 0) is 0 Å². The first-order chi connectivity index (χ1) is 14.4. The summed E-state index contributed by atoms with van der Waals surface area (Å²) in [4.78, 5) is 25.7. The number of methoxy groups -OCH3 is 2. The average molecular weight is 469 g/mol. The van der Waals surface area contributed by atoms with Crippen molar-refractivity contribution < 1.29 is 19.1 Å². The van der Waals surface area contributed by atoms with Gasteiger partial charge in [0.25, 0.3) is 11.8 Å². The van der Waals surface area contributed by atoms with E-state index in [-0.39, 0.29) is 5.91 Å². The predicted molar refractivity (Wildman–Crippen MR) is 121 cm³/mol. The standard InChI is InChI=1S/C23H21BrN2O4/c1-14-7-6-8-16(11-14)25-23(28)17-9-4-5-10-18(17)26-22(27)15-12-19(29-2)21(24)20(13-15)30-3/h4-13H,1-3H3,(H,25,28)(H,26,27). The second-order valence-corrected chi connectivity index (χ2v) is 7.31. The molecule has 2 N–H and O–H groups in total. The molecule has 0 aliphatic rings. The van der Waals surface area contributed by atoms with Crippen LogP contribution >= 0.6 is 15.9 Å². The molecule has 6 nitrogen and oxygen atoms in total. The van der Waals surface area contributed by atoms with E-state index in [4.69, 9.17) is 9.47 Å². The van der Waals surface area contributed by atoms with Crippen LogP contribution in [0.2, 0.25) is 0 Å². The highest BCUT2D eigenvalue weighted by molar-refractivity contribution is 9.10. The highest BCUT2D eigenvalue weighted by atomic mass is 79.9. The molecule has 0 aliphatic heterocycles. The molecule has 0 bridgehead atoms. The maximum absolute atomic E-state index is 12.9. The fraction of sp³-hybridized carbons (Fsp3) is 0.130. The van der Waals surface area contributed by atoms with E-state index >= 15 is 0 Å². The monoisotopic (exact) mass is 468 g/mol. The van der Waals surface area contributed by atoms with Gasteiger partial charge in [-0.1, -0.05) is 24.3 Å². The molecular weight excluding hydrogens is 448 g/mol. The summed E-state index contributed by atoms with van der Waals surface area (Å²) in [5.74, 6) is 0.215. The van der Waals surface area contributed by atoms with Crippen molar-refractivity contribution in [1.82, 2.24) is 0 Å². The van der Waals surface area contributed by atoms with Gasteiger partial charge in [0.05, 0.1) is 25.5 Å². The Kier molecular flexibility index (Phi) is 6.74. The molecule has 0 unspecified atom stereocenters. The number of aryl methyl sites for hydroxylation is 1. The van der Waals surface area contributed by atoms with Gasteiger partial charge < -0.3 is 20.1 Å². The number of rotatable bonds is 6. The SMILES string of the molecule is COc1cc(C(=O)Nc2ccccc2C(=O)Nc2cccc(C)c2)cc(OC)c1Br. The first-order valence-corrected chi connectivity index (χ1v) is 9.92. The molecule has 154 valence electrons.